The smallest absolute Gasteiger partial charge is 0.262 e. The highest BCUT2D eigenvalue weighted by Gasteiger charge is 2.38. The minimum Gasteiger partial charge on any atom is -0.341 e. The summed E-state index contributed by atoms with van der Waals surface area (Å²) in [5.74, 6) is -0.380. The van der Waals surface area contributed by atoms with E-state index in [4.69, 9.17) is 23.2 Å². The lowest BCUT2D eigenvalue weighted by Gasteiger charge is -2.35. The Morgan fingerprint density at radius 2 is 1.50 bits per heavy atom. The molecule has 3 amide bonds. The van der Waals surface area contributed by atoms with Crippen LogP contribution in [0.2, 0.25) is 10.0 Å². The van der Waals surface area contributed by atoms with Crippen LogP contribution in [0.15, 0.2) is 12.1 Å². The predicted octanol–water partition coefficient (Wildman–Crippen LogP) is 3.09. The minimum absolute atomic E-state index is 0.197. The van der Waals surface area contributed by atoms with Gasteiger partial charge in [0.05, 0.1) is 21.2 Å². The van der Waals surface area contributed by atoms with Gasteiger partial charge in [-0.1, -0.05) is 37.0 Å². The van der Waals surface area contributed by atoms with E-state index in [1.165, 1.54) is 12.1 Å². The van der Waals surface area contributed by atoms with Crippen LogP contribution in [0.4, 0.5) is 0 Å². The number of imide groups is 1. The number of likely N-dealkylation sites (tertiary alicyclic amines) is 1. The quantitative estimate of drug-likeness (QED) is 0.753. The molecule has 0 spiro atoms. The number of carbonyl (C=O) groups excluding carboxylic acids is 3. The highest BCUT2D eigenvalue weighted by atomic mass is 35.5. The van der Waals surface area contributed by atoms with Gasteiger partial charge < -0.3 is 4.90 Å². The van der Waals surface area contributed by atoms with E-state index in [0.29, 0.717) is 24.9 Å². The van der Waals surface area contributed by atoms with Gasteiger partial charge in [-0.15, -0.1) is 0 Å². The van der Waals surface area contributed by atoms with E-state index in [-0.39, 0.29) is 33.6 Å². The van der Waals surface area contributed by atoms with Crippen LogP contribution < -0.4 is 0 Å². The molecular formula is C17H18Cl2N2O3. The van der Waals surface area contributed by atoms with E-state index in [2.05, 4.69) is 13.8 Å². The minimum atomic E-state index is -0.500. The lowest BCUT2D eigenvalue weighted by molar-refractivity contribution is -0.134. The maximum atomic E-state index is 12.5. The molecule has 7 heteroatoms. The van der Waals surface area contributed by atoms with E-state index < -0.39 is 11.8 Å². The number of rotatable bonds is 2. The summed E-state index contributed by atoms with van der Waals surface area (Å²) in [6.07, 6.45) is 1.08. The number of fused-ring (bicyclic) bond motifs is 1. The Morgan fingerprint density at radius 3 is 1.96 bits per heavy atom. The molecule has 0 radical (unpaired) electrons. The predicted molar refractivity (Wildman–Crippen MR) is 91.4 cm³/mol. The number of nitrogens with zero attached hydrogens (tertiary/aromatic N) is 2. The molecular weight excluding hydrogens is 351 g/mol. The molecule has 1 fully saturated rings. The Hall–Kier alpha value is -1.59. The summed E-state index contributed by atoms with van der Waals surface area (Å²) in [7, 11) is 0. The lowest BCUT2D eigenvalue weighted by atomic mass is 9.92. The van der Waals surface area contributed by atoms with Crippen LogP contribution in [0.5, 0.6) is 0 Å². The molecule has 2 atom stereocenters. The van der Waals surface area contributed by atoms with Crippen molar-refractivity contribution in [3.05, 3.63) is 33.3 Å². The maximum Gasteiger partial charge on any atom is 0.262 e. The zero-order valence-electron chi connectivity index (χ0n) is 13.5. The van der Waals surface area contributed by atoms with Gasteiger partial charge in [-0.2, -0.15) is 0 Å². The van der Waals surface area contributed by atoms with Crippen molar-refractivity contribution in [2.75, 3.05) is 19.6 Å². The molecule has 2 aliphatic rings. The van der Waals surface area contributed by atoms with Crippen molar-refractivity contribution in [1.82, 2.24) is 9.80 Å². The number of hydrogen-bond donors (Lipinski definition) is 0. The van der Waals surface area contributed by atoms with Gasteiger partial charge >= 0.3 is 0 Å². The first-order chi connectivity index (χ1) is 11.3. The second kappa shape index (κ2) is 6.37. The standard InChI is InChI=1S/C17H18Cl2N2O3/c1-9-3-10(2)7-20(6-9)15(22)8-21-16(23)11-4-13(18)14(19)5-12(11)17(21)24/h4-5,9-10H,3,6-8H2,1-2H3/t9-,10-/m0/s1. The van der Waals surface area contributed by atoms with E-state index >= 15 is 0 Å². The SMILES string of the molecule is C[C@H]1C[C@H](C)CN(C(=O)CN2C(=O)c3cc(Cl)c(Cl)cc3C2=O)C1. The van der Waals surface area contributed by atoms with Crippen molar-refractivity contribution in [2.45, 2.75) is 20.3 Å². The van der Waals surface area contributed by atoms with Gasteiger partial charge in [0, 0.05) is 13.1 Å². The van der Waals surface area contributed by atoms with Crippen LogP contribution in [0.3, 0.4) is 0 Å². The molecule has 0 saturated carbocycles. The van der Waals surface area contributed by atoms with Crippen LogP contribution >= 0.6 is 23.2 Å². The first-order valence-electron chi connectivity index (χ1n) is 7.91. The van der Waals surface area contributed by atoms with Crippen molar-refractivity contribution in [3.63, 3.8) is 0 Å². The van der Waals surface area contributed by atoms with E-state index in [1.807, 2.05) is 0 Å². The molecule has 24 heavy (non-hydrogen) atoms. The van der Waals surface area contributed by atoms with Gasteiger partial charge in [0.2, 0.25) is 5.91 Å². The lowest BCUT2D eigenvalue weighted by Crippen LogP contribution is -2.48. The van der Waals surface area contributed by atoms with Crippen LogP contribution in [0, 0.1) is 11.8 Å². The Bertz CT molecular complexity index is 684. The molecule has 0 aromatic heterocycles. The highest BCUT2D eigenvalue weighted by molar-refractivity contribution is 6.43. The topological polar surface area (TPSA) is 57.7 Å². The molecule has 5 nitrogen and oxygen atoms in total. The number of benzene rings is 1. The molecule has 1 saturated heterocycles. The van der Waals surface area contributed by atoms with Crippen LogP contribution in [-0.4, -0.2) is 47.2 Å². The number of halogens is 2. The van der Waals surface area contributed by atoms with Crippen molar-refractivity contribution >= 4 is 40.9 Å². The third-order valence-electron chi connectivity index (χ3n) is 4.53. The molecule has 0 aliphatic carbocycles. The molecule has 128 valence electrons. The molecule has 2 heterocycles. The third-order valence-corrected chi connectivity index (χ3v) is 5.25. The second-order valence-corrected chi connectivity index (χ2v) is 7.57. The summed E-state index contributed by atoms with van der Waals surface area (Å²) < 4.78 is 0. The van der Waals surface area contributed by atoms with Crippen molar-refractivity contribution in [1.29, 1.82) is 0 Å². The van der Waals surface area contributed by atoms with E-state index in [1.54, 1.807) is 4.90 Å². The highest BCUT2D eigenvalue weighted by Crippen LogP contribution is 2.31. The normalized spacial score (nSPS) is 23.7. The molecule has 0 bridgehead atoms. The Kier molecular flexibility index (Phi) is 4.58. The summed E-state index contributed by atoms with van der Waals surface area (Å²) >= 11 is 11.8. The molecule has 1 aromatic rings. The van der Waals surface area contributed by atoms with Crippen molar-refractivity contribution in [3.8, 4) is 0 Å². The van der Waals surface area contributed by atoms with Gasteiger partial charge in [-0.25, -0.2) is 0 Å². The fourth-order valence-electron chi connectivity index (χ4n) is 3.53. The molecule has 3 rings (SSSR count). The summed E-state index contributed by atoms with van der Waals surface area (Å²) in [6, 6.07) is 2.77. The Morgan fingerprint density at radius 1 is 1.04 bits per heavy atom. The van der Waals surface area contributed by atoms with Crippen molar-refractivity contribution in [2.24, 2.45) is 11.8 Å². The monoisotopic (exact) mass is 368 g/mol. The zero-order valence-corrected chi connectivity index (χ0v) is 15.0. The largest absolute Gasteiger partial charge is 0.341 e. The fraction of sp³-hybridized carbons (Fsp3) is 0.471. The zero-order chi connectivity index (χ0) is 17.6. The first kappa shape index (κ1) is 17.2. The number of piperidine rings is 1. The van der Waals surface area contributed by atoms with Crippen LogP contribution in [-0.2, 0) is 4.79 Å². The number of hydrogen-bond acceptors (Lipinski definition) is 3. The third kappa shape index (κ3) is 3.03. The molecule has 0 unspecified atom stereocenters. The van der Waals surface area contributed by atoms with Crippen LogP contribution in [0.25, 0.3) is 0 Å². The molecule has 1 aromatic carbocycles. The molecule has 2 aliphatic heterocycles. The fourth-order valence-corrected chi connectivity index (χ4v) is 3.86. The van der Waals surface area contributed by atoms with Crippen molar-refractivity contribution < 1.29 is 14.4 Å². The average Bonchev–Trinajstić information content (AvgIpc) is 2.72. The summed E-state index contributed by atoms with van der Waals surface area (Å²) in [5.41, 5.74) is 0.394. The number of amides is 3. The van der Waals surface area contributed by atoms with E-state index in [0.717, 1.165) is 11.3 Å². The van der Waals surface area contributed by atoms with Gasteiger partial charge in [-0.05, 0) is 30.4 Å². The molecule has 0 N–H and O–H groups in total. The maximum absolute atomic E-state index is 12.5. The first-order valence-corrected chi connectivity index (χ1v) is 8.66. The second-order valence-electron chi connectivity index (χ2n) is 6.75. The Balaban J connectivity index is 1.78. The average molecular weight is 369 g/mol. The summed E-state index contributed by atoms with van der Waals surface area (Å²) in [6.45, 7) is 5.26. The Labute approximate surface area is 150 Å². The summed E-state index contributed by atoms with van der Waals surface area (Å²) in [4.78, 5) is 40.2. The number of carbonyl (C=O) groups is 3. The van der Waals surface area contributed by atoms with E-state index in [9.17, 15) is 14.4 Å². The summed E-state index contributed by atoms with van der Waals surface area (Å²) in [5, 5.41) is 0.423. The van der Waals surface area contributed by atoms with Gasteiger partial charge in [0.1, 0.15) is 6.54 Å². The van der Waals surface area contributed by atoms with Gasteiger partial charge in [0.15, 0.2) is 0 Å². The van der Waals surface area contributed by atoms with Crippen LogP contribution in [0.1, 0.15) is 41.0 Å². The van der Waals surface area contributed by atoms with Gasteiger partial charge in [0.25, 0.3) is 11.8 Å². The van der Waals surface area contributed by atoms with Gasteiger partial charge in [-0.3, -0.25) is 19.3 Å².